The number of nitrogens with two attached hydrogens (primary N) is 1. The highest BCUT2D eigenvalue weighted by atomic mass is 32.1. The Kier molecular flexibility index (Phi) is 5.41. The zero-order valence-corrected chi connectivity index (χ0v) is 12.3. The van der Waals surface area contributed by atoms with Crippen LogP contribution >= 0.6 is 11.3 Å². The number of anilines is 2. The molecule has 0 saturated heterocycles. The lowest BCUT2D eigenvalue weighted by Gasteiger charge is -2.02. The molecule has 21 heavy (non-hydrogen) atoms. The number of ether oxygens (including phenoxy) is 1. The fraction of sp³-hybridized carbons (Fsp3) is 0.333. The lowest BCUT2D eigenvalue weighted by Crippen LogP contribution is -2.23. The Morgan fingerprint density at radius 1 is 1.52 bits per heavy atom. The number of amides is 1. The molecule has 2 rings (SSSR count). The van der Waals surface area contributed by atoms with E-state index in [0.717, 1.165) is 0 Å². The molecule has 4 N–H and O–H groups in total. The molecule has 112 valence electrons. The van der Waals surface area contributed by atoms with Gasteiger partial charge in [0.05, 0.1) is 18.8 Å². The van der Waals surface area contributed by atoms with E-state index in [0.29, 0.717) is 28.9 Å². The molecule has 0 aliphatic heterocycles. The van der Waals surface area contributed by atoms with Crippen molar-refractivity contribution >= 4 is 28.2 Å². The first-order valence-corrected chi connectivity index (χ1v) is 7.06. The summed E-state index contributed by atoms with van der Waals surface area (Å²) in [6.07, 6.45) is 1.57. The number of hydrogen-bond donors (Lipinski definition) is 3. The molecule has 1 amide bonds. The largest absolute Gasteiger partial charge is 0.383 e. The minimum atomic E-state index is -0.282. The number of nitrogen functional groups attached to an aromatic ring is 1. The minimum Gasteiger partial charge on any atom is -0.383 e. The first-order valence-electron chi connectivity index (χ1n) is 6.24. The van der Waals surface area contributed by atoms with Crippen molar-refractivity contribution in [2.75, 3.05) is 31.3 Å². The Morgan fingerprint density at radius 3 is 3.10 bits per heavy atom. The van der Waals surface area contributed by atoms with Crippen molar-refractivity contribution in [2.24, 2.45) is 0 Å². The van der Waals surface area contributed by atoms with Crippen LogP contribution in [0.1, 0.15) is 15.4 Å². The number of rotatable bonds is 7. The number of nitrogens with one attached hydrogen (secondary N) is 2. The van der Waals surface area contributed by atoms with Gasteiger partial charge in [0.2, 0.25) is 0 Å². The summed E-state index contributed by atoms with van der Waals surface area (Å²) in [5.74, 6) is -0.0768. The second-order valence-electron chi connectivity index (χ2n) is 4.05. The summed E-state index contributed by atoms with van der Waals surface area (Å²) in [6.45, 7) is 1.44. The SMILES string of the molecule is COCCNc1nc(N)c(C(=O)NCc2cccnn2)s1. The van der Waals surface area contributed by atoms with E-state index in [1.54, 1.807) is 25.4 Å². The maximum atomic E-state index is 12.1. The highest BCUT2D eigenvalue weighted by molar-refractivity contribution is 7.18. The molecule has 8 nitrogen and oxygen atoms in total. The number of carbonyl (C=O) groups is 1. The van der Waals surface area contributed by atoms with Crippen LogP contribution in [-0.4, -0.2) is 41.3 Å². The highest BCUT2D eigenvalue weighted by Gasteiger charge is 2.15. The zero-order valence-electron chi connectivity index (χ0n) is 11.5. The van der Waals surface area contributed by atoms with E-state index < -0.39 is 0 Å². The van der Waals surface area contributed by atoms with Crippen molar-refractivity contribution in [3.8, 4) is 0 Å². The van der Waals surface area contributed by atoms with Gasteiger partial charge in [0, 0.05) is 19.9 Å². The van der Waals surface area contributed by atoms with Gasteiger partial charge in [0.25, 0.3) is 5.91 Å². The van der Waals surface area contributed by atoms with Gasteiger partial charge < -0.3 is 21.1 Å². The number of carbonyl (C=O) groups excluding carboxylic acids is 1. The van der Waals surface area contributed by atoms with E-state index in [4.69, 9.17) is 10.5 Å². The van der Waals surface area contributed by atoms with E-state index in [-0.39, 0.29) is 18.3 Å². The molecule has 0 spiro atoms. The summed E-state index contributed by atoms with van der Waals surface area (Å²) < 4.78 is 4.93. The maximum Gasteiger partial charge on any atom is 0.265 e. The van der Waals surface area contributed by atoms with Gasteiger partial charge in [-0.15, -0.1) is 0 Å². The van der Waals surface area contributed by atoms with Crippen molar-refractivity contribution in [1.82, 2.24) is 20.5 Å². The number of hydrogen-bond acceptors (Lipinski definition) is 8. The molecule has 0 aliphatic rings. The van der Waals surface area contributed by atoms with Crippen LogP contribution in [0.5, 0.6) is 0 Å². The molecule has 0 saturated carbocycles. The maximum absolute atomic E-state index is 12.1. The van der Waals surface area contributed by atoms with Crippen molar-refractivity contribution in [3.05, 3.63) is 28.9 Å². The number of aromatic nitrogens is 3. The minimum absolute atomic E-state index is 0.205. The molecule has 0 radical (unpaired) electrons. The fourth-order valence-corrected chi connectivity index (χ4v) is 2.34. The topological polar surface area (TPSA) is 115 Å². The monoisotopic (exact) mass is 308 g/mol. The smallest absolute Gasteiger partial charge is 0.265 e. The molecule has 2 heterocycles. The van der Waals surface area contributed by atoms with Crippen LogP contribution in [0.2, 0.25) is 0 Å². The highest BCUT2D eigenvalue weighted by Crippen LogP contribution is 2.24. The first kappa shape index (κ1) is 15.1. The molecule has 0 aromatic carbocycles. The Labute approximate surface area is 125 Å². The van der Waals surface area contributed by atoms with Crippen LogP contribution < -0.4 is 16.4 Å². The molecular formula is C12H16N6O2S. The number of nitrogens with zero attached hydrogens (tertiary/aromatic N) is 3. The van der Waals surface area contributed by atoms with Crippen molar-refractivity contribution in [2.45, 2.75) is 6.54 Å². The predicted molar refractivity (Wildman–Crippen MR) is 80.1 cm³/mol. The van der Waals surface area contributed by atoms with E-state index in [9.17, 15) is 4.79 Å². The molecule has 0 unspecified atom stereocenters. The van der Waals surface area contributed by atoms with Gasteiger partial charge in [-0.2, -0.15) is 10.2 Å². The third-order valence-electron chi connectivity index (χ3n) is 2.50. The summed E-state index contributed by atoms with van der Waals surface area (Å²) in [4.78, 5) is 16.5. The van der Waals surface area contributed by atoms with E-state index >= 15 is 0 Å². The Morgan fingerprint density at radius 2 is 2.38 bits per heavy atom. The van der Waals surface area contributed by atoms with Crippen LogP contribution in [0.4, 0.5) is 10.9 Å². The number of methoxy groups -OCH3 is 1. The average molecular weight is 308 g/mol. The summed E-state index contributed by atoms with van der Waals surface area (Å²) in [6, 6.07) is 3.54. The van der Waals surface area contributed by atoms with Gasteiger partial charge in [-0.3, -0.25) is 4.79 Å². The van der Waals surface area contributed by atoms with Gasteiger partial charge in [0.1, 0.15) is 10.7 Å². The Bertz CT molecular complexity index is 589. The standard InChI is InChI=1S/C12H16N6O2S/c1-20-6-5-14-12-17-10(13)9(21-12)11(19)15-7-8-3-2-4-16-18-8/h2-4H,5-7,13H2,1H3,(H,14,17)(H,15,19). The van der Waals surface area contributed by atoms with Crippen LogP contribution in [-0.2, 0) is 11.3 Å². The summed E-state index contributed by atoms with van der Waals surface area (Å²) in [5.41, 5.74) is 6.43. The van der Waals surface area contributed by atoms with Crippen LogP contribution in [0.3, 0.4) is 0 Å². The lowest BCUT2D eigenvalue weighted by molar-refractivity contribution is 0.0955. The van der Waals surface area contributed by atoms with Gasteiger partial charge in [-0.1, -0.05) is 11.3 Å². The molecule has 2 aromatic heterocycles. The molecule has 0 fully saturated rings. The fourth-order valence-electron chi connectivity index (χ4n) is 1.51. The van der Waals surface area contributed by atoms with Gasteiger partial charge in [0.15, 0.2) is 5.13 Å². The summed E-state index contributed by atoms with van der Waals surface area (Å²) in [7, 11) is 1.61. The van der Waals surface area contributed by atoms with Crippen LogP contribution in [0.25, 0.3) is 0 Å². The third kappa shape index (κ3) is 4.36. The van der Waals surface area contributed by atoms with E-state index in [1.165, 1.54) is 11.3 Å². The quantitative estimate of drug-likeness (QED) is 0.638. The Balaban J connectivity index is 1.92. The van der Waals surface area contributed by atoms with E-state index in [1.807, 2.05) is 0 Å². The van der Waals surface area contributed by atoms with Gasteiger partial charge in [-0.05, 0) is 12.1 Å². The molecule has 0 aliphatic carbocycles. The molecule has 2 aromatic rings. The molecular weight excluding hydrogens is 292 g/mol. The Hall–Kier alpha value is -2.26. The average Bonchev–Trinajstić information content (AvgIpc) is 2.87. The molecule has 9 heteroatoms. The summed E-state index contributed by atoms with van der Waals surface area (Å²) in [5, 5.41) is 14.0. The summed E-state index contributed by atoms with van der Waals surface area (Å²) >= 11 is 1.20. The lowest BCUT2D eigenvalue weighted by atomic mass is 10.4. The molecule has 0 atom stereocenters. The van der Waals surface area contributed by atoms with Crippen molar-refractivity contribution < 1.29 is 9.53 Å². The van der Waals surface area contributed by atoms with Crippen molar-refractivity contribution in [3.63, 3.8) is 0 Å². The van der Waals surface area contributed by atoms with Crippen LogP contribution in [0, 0.1) is 0 Å². The van der Waals surface area contributed by atoms with Crippen LogP contribution in [0.15, 0.2) is 18.3 Å². The first-order chi connectivity index (χ1) is 10.2. The predicted octanol–water partition coefficient (Wildman–Crippen LogP) is 0.504. The third-order valence-corrected chi connectivity index (χ3v) is 3.53. The van der Waals surface area contributed by atoms with Gasteiger partial charge >= 0.3 is 0 Å². The van der Waals surface area contributed by atoms with Gasteiger partial charge in [-0.25, -0.2) is 4.98 Å². The van der Waals surface area contributed by atoms with E-state index in [2.05, 4.69) is 25.8 Å². The normalized spacial score (nSPS) is 10.3. The number of thiazole rings is 1. The zero-order chi connectivity index (χ0) is 15.1. The van der Waals surface area contributed by atoms with Crippen molar-refractivity contribution in [1.29, 1.82) is 0 Å². The second kappa shape index (κ2) is 7.50. The molecule has 0 bridgehead atoms. The second-order valence-corrected chi connectivity index (χ2v) is 5.05.